The van der Waals surface area contributed by atoms with E-state index in [2.05, 4.69) is 15.9 Å². The summed E-state index contributed by atoms with van der Waals surface area (Å²) in [5, 5.41) is 10.2. The molecule has 3 aromatic rings. The Bertz CT molecular complexity index is 757. The Balaban J connectivity index is 2.48. The summed E-state index contributed by atoms with van der Waals surface area (Å²) in [4.78, 5) is 11.1. The van der Waals surface area contributed by atoms with Crippen molar-refractivity contribution in [1.29, 1.82) is 0 Å². The molecule has 1 N–H and O–H groups in total. The first-order valence-electron chi connectivity index (χ1n) is 4.98. The number of aromatic nitrogens is 1. The minimum Gasteiger partial charge on any atom is -0.477 e. The Kier molecular flexibility index (Phi) is 2.27. The second-order valence-electron chi connectivity index (χ2n) is 3.85. The first-order chi connectivity index (χ1) is 8.08. The van der Waals surface area contributed by atoms with Crippen LogP contribution in [0.2, 0.25) is 0 Å². The molecule has 5 heteroatoms. The molecule has 0 atom stereocenters. The highest BCUT2D eigenvalue weighted by molar-refractivity contribution is 9.10. The van der Waals surface area contributed by atoms with Crippen molar-refractivity contribution in [3.8, 4) is 0 Å². The van der Waals surface area contributed by atoms with Crippen LogP contribution in [0.4, 0.5) is 0 Å². The molecule has 0 unspecified atom stereocenters. The lowest BCUT2D eigenvalue weighted by molar-refractivity contribution is 0.0687. The van der Waals surface area contributed by atoms with Gasteiger partial charge in [-0.05, 0) is 24.3 Å². The van der Waals surface area contributed by atoms with E-state index in [-0.39, 0.29) is 0 Å². The maximum absolute atomic E-state index is 11.1. The number of halogens is 1. The molecule has 0 aliphatic rings. The quantitative estimate of drug-likeness (QED) is 0.742. The molecule has 0 bridgehead atoms. The number of hydrogen-bond acceptors (Lipinski definition) is 2. The van der Waals surface area contributed by atoms with Crippen LogP contribution in [-0.2, 0) is 7.05 Å². The van der Waals surface area contributed by atoms with E-state index in [1.165, 1.54) is 4.70 Å². The molecule has 0 aliphatic carbocycles. The minimum atomic E-state index is -0.890. The number of thiophene rings is 1. The Morgan fingerprint density at radius 3 is 2.82 bits per heavy atom. The number of carboxylic acid groups (broad SMARTS) is 1. The highest BCUT2D eigenvalue weighted by Gasteiger charge is 2.16. The zero-order valence-electron chi connectivity index (χ0n) is 8.90. The van der Waals surface area contributed by atoms with Gasteiger partial charge in [-0.15, -0.1) is 11.3 Å². The molecule has 0 saturated carbocycles. The van der Waals surface area contributed by atoms with E-state index < -0.39 is 5.97 Å². The fourth-order valence-electron chi connectivity index (χ4n) is 2.07. The average molecular weight is 310 g/mol. The highest BCUT2D eigenvalue weighted by atomic mass is 79.9. The van der Waals surface area contributed by atoms with E-state index in [0.29, 0.717) is 5.69 Å². The molecule has 0 spiro atoms. The third-order valence-corrected chi connectivity index (χ3v) is 4.43. The van der Waals surface area contributed by atoms with Crippen molar-refractivity contribution in [2.24, 2.45) is 7.05 Å². The molecule has 86 valence electrons. The maximum Gasteiger partial charge on any atom is 0.352 e. The van der Waals surface area contributed by atoms with E-state index in [1.54, 1.807) is 29.0 Å². The van der Waals surface area contributed by atoms with Crippen molar-refractivity contribution in [3.05, 3.63) is 34.4 Å². The highest BCUT2D eigenvalue weighted by Crippen LogP contribution is 2.36. The maximum atomic E-state index is 11.1. The Labute approximate surface area is 109 Å². The second kappa shape index (κ2) is 3.58. The molecule has 2 aromatic heterocycles. The fraction of sp³-hybridized carbons (Fsp3) is 0.0833. The molecule has 0 fully saturated rings. The smallest absolute Gasteiger partial charge is 0.352 e. The molecule has 2 heterocycles. The summed E-state index contributed by atoms with van der Waals surface area (Å²) in [7, 11) is 1.79. The largest absolute Gasteiger partial charge is 0.477 e. The van der Waals surface area contributed by atoms with Crippen LogP contribution in [0, 0.1) is 0 Å². The van der Waals surface area contributed by atoms with Crippen LogP contribution in [0.1, 0.15) is 10.5 Å². The van der Waals surface area contributed by atoms with Gasteiger partial charge in [0.25, 0.3) is 0 Å². The van der Waals surface area contributed by atoms with Gasteiger partial charge in [-0.25, -0.2) is 4.79 Å². The van der Waals surface area contributed by atoms with Crippen molar-refractivity contribution < 1.29 is 9.90 Å². The van der Waals surface area contributed by atoms with E-state index in [1.807, 2.05) is 18.2 Å². The van der Waals surface area contributed by atoms with Crippen LogP contribution in [-0.4, -0.2) is 15.6 Å². The van der Waals surface area contributed by atoms with Gasteiger partial charge in [-0.1, -0.05) is 15.9 Å². The topological polar surface area (TPSA) is 42.2 Å². The van der Waals surface area contributed by atoms with Crippen molar-refractivity contribution >= 4 is 53.5 Å². The Hall–Kier alpha value is -1.33. The number of aromatic carboxylic acids is 1. The second-order valence-corrected chi connectivity index (χ2v) is 5.85. The SMILES string of the molecule is Cn1c(C(=O)O)cc2sc3ccc(Br)cc3c21. The molecular formula is C12H8BrNO2S. The third kappa shape index (κ3) is 1.50. The number of hydrogen-bond donors (Lipinski definition) is 1. The summed E-state index contributed by atoms with van der Waals surface area (Å²) in [6.45, 7) is 0. The zero-order valence-corrected chi connectivity index (χ0v) is 11.3. The van der Waals surface area contributed by atoms with Crippen LogP contribution in [0.3, 0.4) is 0 Å². The van der Waals surface area contributed by atoms with Crippen LogP contribution in [0.5, 0.6) is 0 Å². The van der Waals surface area contributed by atoms with Gasteiger partial charge < -0.3 is 9.67 Å². The van der Waals surface area contributed by atoms with E-state index >= 15 is 0 Å². The number of rotatable bonds is 1. The molecule has 0 amide bonds. The van der Waals surface area contributed by atoms with Gasteiger partial charge >= 0.3 is 5.97 Å². The molecule has 0 aliphatic heterocycles. The molecular weight excluding hydrogens is 302 g/mol. The summed E-state index contributed by atoms with van der Waals surface area (Å²) >= 11 is 5.06. The van der Waals surface area contributed by atoms with Crippen molar-refractivity contribution in [3.63, 3.8) is 0 Å². The first-order valence-corrected chi connectivity index (χ1v) is 6.59. The summed E-state index contributed by atoms with van der Waals surface area (Å²) in [6.07, 6.45) is 0. The minimum absolute atomic E-state index is 0.327. The number of nitrogens with zero attached hydrogens (tertiary/aromatic N) is 1. The first kappa shape index (κ1) is 10.8. The van der Waals surface area contributed by atoms with Crippen LogP contribution < -0.4 is 0 Å². The van der Waals surface area contributed by atoms with Gasteiger partial charge in [-0.3, -0.25) is 0 Å². The van der Waals surface area contributed by atoms with Gasteiger partial charge in [0.05, 0.1) is 10.2 Å². The van der Waals surface area contributed by atoms with Crippen molar-refractivity contribution in [2.75, 3.05) is 0 Å². The number of carbonyl (C=O) groups is 1. The van der Waals surface area contributed by atoms with Gasteiger partial charge in [0.15, 0.2) is 0 Å². The normalized spacial score (nSPS) is 11.4. The van der Waals surface area contributed by atoms with E-state index in [9.17, 15) is 4.79 Å². The monoisotopic (exact) mass is 309 g/mol. The molecule has 1 aromatic carbocycles. The van der Waals surface area contributed by atoms with Crippen LogP contribution in [0.15, 0.2) is 28.7 Å². The summed E-state index contributed by atoms with van der Waals surface area (Å²) in [5.41, 5.74) is 1.32. The van der Waals surface area contributed by atoms with Crippen molar-refractivity contribution in [2.45, 2.75) is 0 Å². The summed E-state index contributed by atoms with van der Waals surface area (Å²) in [5.74, 6) is -0.890. The van der Waals surface area contributed by atoms with Crippen LogP contribution in [0.25, 0.3) is 20.3 Å². The number of carboxylic acids is 1. The standard InChI is InChI=1S/C12H8BrNO2S/c1-14-8(12(15)16)5-10-11(14)7-4-6(13)2-3-9(7)17-10/h2-5H,1H3,(H,15,16). The van der Waals surface area contributed by atoms with Gasteiger partial charge in [-0.2, -0.15) is 0 Å². The lowest BCUT2D eigenvalue weighted by Crippen LogP contribution is -2.03. The van der Waals surface area contributed by atoms with Gasteiger partial charge in [0, 0.05) is 21.6 Å². The van der Waals surface area contributed by atoms with Crippen LogP contribution >= 0.6 is 27.3 Å². The average Bonchev–Trinajstić information content (AvgIpc) is 2.76. The predicted octanol–water partition coefficient (Wildman–Crippen LogP) is 3.85. The lowest BCUT2D eigenvalue weighted by Gasteiger charge is -1.99. The van der Waals surface area contributed by atoms with E-state index in [0.717, 1.165) is 20.1 Å². The lowest BCUT2D eigenvalue weighted by atomic mass is 10.2. The molecule has 0 saturated heterocycles. The summed E-state index contributed by atoms with van der Waals surface area (Å²) < 4.78 is 4.93. The third-order valence-electron chi connectivity index (χ3n) is 2.83. The number of aryl methyl sites for hydroxylation is 1. The molecule has 0 radical (unpaired) electrons. The van der Waals surface area contributed by atoms with Gasteiger partial charge in [0.2, 0.25) is 0 Å². The fourth-order valence-corrected chi connectivity index (χ4v) is 3.58. The Morgan fingerprint density at radius 1 is 1.35 bits per heavy atom. The predicted molar refractivity (Wildman–Crippen MR) is 73.0 cm³/mol. The van der Waals surface area contributed by atoms with Crippen molar-refractivity contribution in [1.82, 2.24) is 4.57 Å². The Morgan fingerprint density at radius 2 is 2.12 bits per heavy atom. The molecule has 3 nitrogen and oxygen atoms in total. The zero-order chi connectivity index (χ0) is 12.2. The number of benzene rings is 1. The number of fused-ring (bicyclic) bond motifs is 3. The summed E-state index contributed by atoms with van der Waals surface area (Å²) in [6, 6.07) is 7.80. The molecule has 17 heavy (non-hydrogen) atoms. The molecule has 3 rings (SSSR count). The van der Waals surface area contributed by atoms with E-state index in [4.69, 9.17) is 5.11 Å². The van der Waals surface area contributed by atoms with Gasteiger partial charge in [0.1, 0.15) is 5.69 Å².